The number of halogens is 1. The lowest BCUT2D eigenvalue weighted by Crippen LogP contribution is -2.20. The number of aliphatic carboxylic acids is 1. The number of carboxylic acid groups (broad SMARTS) is 1. The second-order valence-corrected chi connectivity index (χ2v) is 5.38. The number of hydrogen-bond acceptors (Lipinski definition) is 3. The fraction of sp³-hybridized carbons (Fsp3) is 0.182. The van der Waals surface area contributed by atoms with Crippen LogP contribution in [0.4, 0.5) is 4.39 Å². The second kappa shape index (κ2) is 5.28. The molecule has 0 atom stereocenters. The molecule has 2 N–H and O–H groups in total. The summed E-state index contributed by atoms with van der Waals surface area (Å²) in [6.07, 6.45) is 1.26. The Labute approximate surface area is 104 Å². The average molecular weight is 273 g/mol. The number of carbonyl (C=O) groups is 1. The minimum Gasteiger partial charge on any atom is -0.478 e. The fourth-order valence-corrected chi connectivity index (χ4v) is 2.07. The second-order valence-electron chi connectivity index (χ2n) is 3.53. The molecule has 0 radical (unpaired) electrons. The number of rotatable bonds is 4. The van der Waals surface area contributed by atoms with E-state index in [2.05, 4.69) is 0 Å². The van der Waals surface area contributed by atoms with Crippen LogP contribution in [0, 0.1) is 5.82 Å². The zero-order valence-corrected chi connectivity index (χ0v) is 10.6. The minimum atomic E-state index is -3.91. The Kier molecular flexibility index (Phi) is 4.20. The Bertz CT molecular complexity index is 607. The quantitative estimate of drug-likeness (QED) is 0.808. The van der Waals surface area contributed by atoms with Crippen LogP contribution in [-0.4, -0.2) is 26.5 Å². The first kappa shape index (κ1) is 14.3. The van der Waals surface area contributed by atoms with E-state index in [1.807, 2.05) is 4.72 Å². The maximum absolute atomic E-state index is 13.4. The third-order valence-corrected chi connectivity index (χ3v) is 3.66. The van der Waals surface area contributed by atoms with E-state index in [1.165, 1.54) is 26.1 Å². The zero-order chi connectivity index (χ0) is 13.9. The first-order valence-electron chi connectivity index (χ1n) is 4.92. The lowest BCUT2D eigenvalue weighted by Gasteiger charge is -2.05. The molecule has 0 aliphatic rings. The van der Waals surface area contributed by atoms with Gasteiger partial charge in [0, 0.05) is 5.57 Å². The van der Waals surface area contributed by atoms with Crippen LogP contribution in [-0.2, 0) is 14.8 Å². The van der Waals surface area contributed by atoms with Gasteiger partial charge in [0.25, 0.3) is 0 Å². The summed E-state index contributed by atoms with van der Waals surface area (Å²) in [5, 5.41) is 8.70. The number of sulfonamides is 1. The lowest BCUT2D eigenvalue weighted by molar-refractivity contribution is -0.132. The van der Waals surface area contributed by atoms with Gasteiger partial charge in [-0.2, -0.15) is 0 Å². The smallest absolute Gasteiger partial charge is 0.331 e. The SMILES string of the molecule is CNS(=O)(=O)c1cc(/C=C(\C)C(=O)O)ccc1F. The predicted octanol–water partition coefficient (Wildman–Crippen LogP) is 1.22. The van der Waals surface area contributed by atoms with Crippen LogP contribution < -0.4 is 4.72 Å². The molecule has 18 heavy (non-hydrogen) atoms. The molecule has 0 spiro atoms. The van der Waals surface area contributed by atoms with Crippen molar-refractivity contribution in [3.8, 4) is 0 Å². The van der Waals surface area contributed by atoms with E-state index in [0.717, 1.165) is 12.1 Å². The molecule has 0 aliphatic carbocycles. The van der Waals surface area contributed by atoms with Gasteiger partial charge in [0.1, 0.15) is 10.7 Å². The Morgan fingerprint density at radius 3 is 2.56 bits per heavy atom. The number of nitrogens with one attached hydrogen (secondary N) is 1. The average Bonchev–Trinajstić information content (AvgIpc) is 2.31. The molecule has 0 aromatic heterocycles. The van der Waals surface area contributed by atoms with Gasteiger partial charge in [-0.25, -0.2) is 22.3 Å². The van der Waals surface area contributed by atoms with Crippen molar-refractivity contribution in [2.45, 2.75) is 11.8 Å². The van der Waals surface area contributed by atoms with Crippen LogP contribution in [0.15, 0.2) is 28.7 Å². The van der Waals surface area contributed by atoms with Crippen LogP contribution in [0.1, 0.15) is 12.5 Å². The topological polar surface area (TPSA) is 83.5 Å². The monoisotopic (exact) mass is 273 g/mol. The van der Waals surface area contributed by atoms with Gasteiger partial charge in [-0.1, -0.05) is 6.07 Å². The Hall–Kier alpha value is -1.73. The molecule has 0 heterocycles. The van der Waals surface area contributed by atoms with Crippen LogP contribution in [0.25, 0.3) is 6.08 Å². The van der Waals surface area contributed by atoms with Gasteiger partial charge < -0.3 is 5.11 Å². The number of benzene rings is 1. The van der Waals surface area contributed by atoms with Gasteiger partial charge in [0.05, 0.1) is 0 Å². The van der Waals surface area contributed by atoms with Crippen molar-refractivity contribution >= 4 is 22.1 Å². The number of carboxylic acids is 1. The van der Waals surface area contributed by atoms with Crippen molar-refractivity contribution in [3.63, 3.8) is 0 Å². The standard InChI is InChI=1S/C11H12FNO4S/c1-7(11(14)15)5-8-3-4-9(12)10(6-8)18(16,17)13-2/h3-6,13H,1-2H3,(H,14,15)/b7-5+. The van der Waals surface area contributed by atoms with Crippen molar-refractivity contribution in [2.75, 3.05) is 7.05 Å². The molecular formula is C11H12FNO4S. The van der Waals surface area contributed by atoms with E-state index in [1.54, 1.807) is 0 Å². The molecule has 0 amide bonds. The molecule has 1 aromatic rings. The normalized spacial score (nSPS) is 12.5. The molecule has 1 aromatic carbocycles. The van der Waals surface area contributed by atoms with Crippen LogP contribution in [0.2, 0.25) is 0 Å². The highest BCUT2D eigenvalue weighted by Crippen LogP contribution is 2.18. The van der Waals surface area contributed by atoms with E-state index < -0.39 is 26.7 Å². The van der Waals surface area contributed by atoms with E-state index >= 15 is 0 Å². The maximum atomic E-state index is 13.4. The van der Waals surface area contributed by atoms with Crippen LogP contribution >= 0.6 is 0 Å². The highest BCUT2D eigenvalue weighted by Gasteiger charge is 2.17. The summed E-state index contributed by atoms with van der Waals surface area (Å²) < 4.78 is 38.4. The van der Waals surface area contributed by atoms with Crippen molar-refractivity contribution in [1.82, 2.24) is 4.72 Å². The molecule has 0 saturated carbocycles. The summed E-state index contributed by atoms with van der Waals surface area (Å²) in [5.74, 6) is -2.02. The highest BCUT2D eigenvalue weighted by molar-refractivity contribution is 7.89. The van der Waals surface area contributed by atoms with Gasteiger partial charge in [-0.3, -0.25) is 0 Å². The Morgan fingerprint density at radius 2 is 2.06 bits per heavy atom. The largest absolute Gasteiger partial charge is 0.478 e. The predicted molar refractivity (Wildman–Crippen MR) is 63.9 cm³/mol. The molecule has 0 fully saturated rings. The molecular weight excluding hydrogens is 261 g/mol. The van der Waals surface area contributed by atoms with Gasteiger partial charge in [0.15, 0.2) is 0 Å². The molecule has 5 nitrogen and oxygen atoms in total. The first-order chi connectivity index (χ1) is 8.27. The summed E-state index contributed by atoms with van der Waals surface area (Å²) in [4.78, 5) is 10.1. The van der Waals surface area contributed by atoms with Crippen LogP contribution in [0.5, 0.6) is 0 Å². The zero-order valence-electron chi connectivity index (χ0n) is 9.77. The molecule has 7 heteroatoms. The lowest BCUT2D eigenvalue weighted by atomic mass is 10.1. The highest BCUT2D eigenvalue weighted by atomic mass is 32.2. The summed E-state index contributed by atoms with van der Waals surface area (Å²) in [6.45, 7) is 1.36. The minimum absolute atomic E-state index is 0.0226. The van der Waals surface area contributed by atoms with Crippen LogP contribution in [0.3, 0.4) is 0 Å². The summed E-state index contributed by atoms with van der Waals surface area (Å²) in [5.41, 5.74) is 0.319. The van der Waals surface area contributed by atoms with Crippen molar-refractivity contribution in [2.24, 2.45) is 0 Å². The summed E-state index contributed by atoms with van der Waals surface area (Å²) in [6, 6.07) is 3.36. The van der Waals surface area contributed by atoms with Gasteiger partial charge in [-0.15, -0.1) is 0 Å². The third-order valence-electron chi connectivity index (χ3n) is 2.23. The van der Waals surface area contributed by atoms with Crippen molar-refractivity contribution in [3.05, 3.63) is 35.2 Å². The molecule has 0 bridgehead atoms. The van der Waals surface area contributed by atoms with E-state index in [9.17, 15) is 17.6 Å². The Balaban J connectivity index is 3.34. The van der Waals surface area contributed by atoms with Crippen molar-refractivity contribution < 1.29 is 22.7 Å². The molecule has 1 rings (SSSR count). The maximum Gasteiger partial charge on any atom is 0.331 e. The van der Waals surface area contributed by atoms with Gasteiger partial charge in [0.2, 0.25) is 10.0 Å². The van der Waals surface area contributed by atoms with E-state index in [0.29, 0.717) is 5.56 Å². The van der Waals surface area contributed by atoms with E-state index in [-0.39, 0.29) is 5.57 Å². The first-order valence-corrected chi connectivity index (χ1v) is 6.41. The third kappa shape index (κ3) is 3.14. The van der Waals surface area contributed by atoms with Gasteiger partial charge in [-0.05, 0) is 37.7 Å². The summed E-state index contributed by atoms with van der Waals surface area (Å²) in [7, 11) is -2.74. The summed E-state index contributed by atoms with van der Waals surface area (Å²) >= 11 is 0. The van der Waals surface area contributed by atoms with E-state index in [4.69, 9.17) is 5.11 Å². The fourth-order valence-electron chi connectivity index (χ4n) is 1.24. The molecule has 0 aliphatic heterocycles. The molecule has 0 saturated heterocycles. The molecule has 0 unspecified atom stereocenters. The van der Waals surface area contributed by atoms with Crippen molar-refractivity contribution in [1.29, 1.82) is 0 Å². The number of hydrogen-bond donors (Lipinski definition) is 2. The Morgan fingerprint density at radius 1 is 1.44 bits per heavy atom. The molecule has 98 valence electrons. The van der Waals surface area contributed by atoms with Gasteiger partial charge >= 0.3 is 5.97 Å².